The van der Waals surface area contributed by atoms with Crippen molar-refractivity contribution in [2.45, 2.75) is 53.8 Å². The zero-order valence-corrected chi connectivity index (χ0v) is 17.7. The minimum absolute atomic E-state index is 0.254. The second-order valence-electron chi connectivity index (χ2n) is 8.11. The van der Waals surface area contributed by atoms with E-state index in [2.05, 4.69) is 99.9 Å². The maximum atomic E-state index is 4.89. The summed E-state index contributed by atoms with van der Waals surface area (Å²) in [5.41, 5.74) is 9.82. The molecule has 1 aliphatic rings. The molecular formula is C25H29N3. The average Bonchev–Trinajstić information content (AvgIpc) is 2.94. The van der Waals surface area contributed by atoms with Gasteiger partial charge in [0.15, 0.2) is 0 Å². The lowest BCUT2D eigenvalue weighted by Crippen LogP contribution is -2.42. The zero-order valence-electron chi connectivity index (χ0n) is 17.7. The SMILES string of the molecule is Cc1cc(-c2c(C)cccc2C)ncc1N1c2ccccc2N(C(C)C)[C@H]1C. The summed E-state index contributed by atoms with van der Waals surface area (Å²) < 4.78 is 0. The van der Waals surface area contributed by atoms with Crippen LogP contribution in [0.15, 0.2) is 54.7 Å². The van der Waals surface area contributed by atoms with Crippen LogP contribution < -0.4 is 9.80 Å². The quantitative estimate of drug-likeness (QED) is 0.532. The number of fused-ring (bicyclic) bond motifs is 1. The first-order valence-corrected chi connectivity index (χ1v) is 10.1. The molecule has 2 heterocycles. The normalized spacial score (nSPS) is 16.0. The van der Waals surface area contributed by atoms with Gasteiger partial charge in [0.05, 0.1) is 29.0 Å². The van der Waals surface area contributed by atoms with Crippen molar-refractivity contribution in [1.29, 1.82) is 0 Å². The highest BCUT2D eigenvalue weighted by molar-refractivity contribution is 5.85. The standard InChI is InChI=1S/C25H29N3/c1-16(2)27-20(6)28(23-13-8-7-12-22(23)27)24-15-26-21(14-19(24)5)25-17(3)10-9-11-18(25)4/h7-16,20H,1-6H3/t20-/m1/s1. The Kier molecular flexibility index (Phi) is 4.62. The van der Waals surface area contributed by atoms with Gasteiger partial charge in [-0.3, -0.25) is 4.98 Å². The smallest absolute Gasteiger partial charge is 0.104 e. The number of hydrogen-bond acceptors (Lipinski definition) is 3. The van der Waals surface area contributed by atoms with E-state index in [9.17, 15) is 0 Å². The molecule has 0 bridgehead atoms. The Hall–Kier alpha value is -2.81. The molecule has 1 aliphatic heterocycles. The highest BCUT2D eigenvalue weighted by Gasteiger charge is 2.35. The summed E-state index contributed by atoms with van der Waals surface area (Å²) in [6.07, 6.45) is 2.30. The molecule has 1 atom stereocenters. The summed E-state index contributed by atoms with van der Waals surface area (Å²) in [6.45, 7) is 13.3. The molecule has 0 saturated heterocycles. The molecular weight excluding hydrogens is 342 g/mol. The van der Waals surface area contributed by atoms with E-state index in [-0.39, 0.29) is 6.17 Å². The van der Waals surface area contributed by atoms with Crippen molar-refractivity contribution in [3.05, 3.63) is 71.4 Å². The van der Waals surface area contributed by atoms with Crippen molar-refractivity contribution in [1.82, 2.24) is 4.98 Å². The molecule has 0 aliphatic carbocycles. The fourth-order valence-electron chi connectivity index (χ4n) is 4.61. The number of pyridine rings is 1. The van der Waals surface area contributed by atoms with E-state index in [0.29, 0.717) is 6.04 Å². The van der Waals surface area contributed by atoms with E-state index < -0.39 is 0 Å². The van der Waals surface area contributed by atoms with Gasteiger partial charge in [-0.2, -0.15) is 0 Å². The molecule has 0 unspecified atom stereocenters. The average molecular weight is 372 g/mol. The van der Waals surface area contributed by atoms with Gasteiger partial charge in [0.25, 0.3) is 0 Å². The van der Waals surface area contributed by atoms with Crippen molar-refractivity contribution in [2.75, 3.05) is 9.80 Å². The molecule has 0 fully saturated rings. The molecule has 3 nitrogen and oxygen atoms in total. The van der Waals surface area contributed by atoms with Crippen LogP contribution in [0.2, 0.25) is 0 Å². The molecule has 0 radical (unpaired) electrons. The summed E-state index contributed by atoms with van der Waals surface area (Å²) in [7, 11) is 0. The first kappa shape index (κ1) is 18.5. The minimum atomic E-state index is 0.254. The van der Waals surface area contributed by atoms with Gasteiger partial charge in [0, 0.05) is 11.6 Å². The number of hydrogen-bond donors (Lipinski definition) is 0. The molecule has 144 valence electrons. The van der Waals surface area contributed by atoms with Crippen LogP contribution in [0.5, 0.6) is 0 Å². The van der Waals surface area contributed by atoms with Gasteiger partial charge in [-0.15, -0.1) is 0 Å². The summed E-state index contributed by atoms with van der Waals surface area (Å²) in [5, 5.41) is 0. The van der Waals surface area contributed by atoms with Crippen LogP contribution in [-0.4, -0.2) is 17.2 Å². The highest BCUT2D eigenvalue weighted by atomic mass is 15.4. The van der Waals surface area contributed by atoms with Crippen LogP contribution in [0, 0.1) is 20.8 Å². The number of aromatic nitrogens is 1. The van der Waals surface area contributed by atoms with E-state index in [1.165, 1.54) is 39.3 Å². The van der Waals surface area contributed by atoms with Crippen LogP contribution in [0.3, 0.4) is 0 Å². The molecule has 0 amide bonds. The molecule has 2 aromatic carbocycles. The number of benzene rings is 2. The number of para-hydroxylation sites is 2. The largest absolute Gasteiger partial charge is 0.347 e. The summed E-state index contributed by atoms with van der Waals surface area (Å²) in [6, 6.07) is 17.8. The van der Waals surface area contributed by atoms with Gasteiger partial charge in [0.2, 0.25) is 0 Å². The molecule has 3 heteroatoms. The number of rotatable bonds is 3. The van der Waals surface area contributed by atoms with Gasteiger partial charge in [0.1, 0.15) is 6.17 Å². The zero-order chi connectivity index (χ0) is 20.0. The third kappa shape index (κ3) is 2.86. The molecule has 1 aromatic heterocycles. The summed E-state index contributed by atoms with van der Waals surface area (Å²) >= 11 is 0. The van der Waals surface area contributed by atoms with Crippen molar-refractivity contribution in [3.63, 3.8) is 0 Å². The number of anilines is 3. The Bertz CT molecular complexity index is 1000. The van der Waals surface area contributed by atoms with E-state index in [4.69, 9.17) is 4.98 Å². The van der Waals surface area contributed by atoms with Crippen LogP contribution in [0.1, 0.15) is 37.5 Å². The van der Waals surface area contributed by atoms with Gasteiger partial charge in [-0.1, -0.05) is 30.3 Å². The number of nitrogens with zero attached hydrogens (tertiary/aromatic N) is 3. The molecule has 0 spiro atoms. The van der Waals surface area contributed by atoms with Crippen LogP contribution in [0.4, 0.5) is 17.1 Å². The Morgan fingerprint density at radius 1 is 0.821 bits per heavy atom. The van der Waals surface area contributed by atoms with Crippen molar-refractivity contribution < 1.29 is 0 Å². The summed E-state index contributed by atoms with van der Waals surface area (Å²) in [4.78, 5) is 9.80. The summed E-state index contributed by atoms with van der Waals surface area (Å²) in [5.74, 6) is 0. The minimum Gasteiger partial charge on any atom is -0.347 e. The monoisotopic (exact) mass is 371 g/mol. The molecule has 0 N–H and O–H groups in total. The molecule has 3 aromatic rings. The second-order valence-corrected chi connectivity index (χ2v) is 8.11. The van der Waals surface area contributed by atoms with E-state index in [1.54, 1.807) is 0 Å². The first-order chi connectivity index (χ1) is 13.4. The van der Waals surface area contributed by atoms with Gasteiger partial charge < -0.3 is 9.80 Å². The predicted octanol–water partition coefficient (Wildman–Crippen LogP) is 6.39. The van der Waals surface area contributed by atoms with E-state index in [1.807, 2.05) is 6.20 Å². The molecule has 0 saturated carbocycles. The van der Waals surface area contributed by atoms with E-state index in [0.717, 1.165) is 5.69 Å². The maximum Gasteiger partial charge on any atom is 0.104 e. The lowest BCUT2D eigenvalue weighted by molar-refractivity contribution is 0.606. The fraction of sp³-hybridized carbons (Fsp3) is 0.320. The van der Waals surface area contributed by atoms with Gasteiger partial charge in [-0.05, 0) is 76.4 Å². The van der Waals surface area contributed by atoms with Gasteiger partial charge >= 0.3 is 0 Å². The Morgan fingerprint density at radius 3 is 2.07 bits per heavy atom. The van der Waals surface area contributed by atoms with Crippen molar-refractivity contribution >= 4 is 17.1 Å². The van der Waals surface area contributed by atoms with Crippen LogP contribution in [-0.2, 0) is 0 Å². The third-order valence-electron chi connectivity index (χ3n) is 5.83. The lowest BCUT2D eigenvalue weighted by Gasteiger charge is -2.33. The fourth-order valence-corrected chi connectivity index (χ4v) is 4.61. The Balaban J connectivity index is 1.81. The molecule has 28 heavy (non-hydrogen) atoms. The van der Waals surface area contributed by atoms with Crippen LogP contribution >= 0.6 is 0 Å². The van der Waals surface area contributed by atoms with Crippen molar-refractivity contribution in [3.8, 4) is 11.3 Å². The predicted molar refractivity (Wildman–Crippen MR) is 120 cm³/mol. The van der Waals surface area contributed by atoms with E-state index >= 15 is 0 Å². The molecule has 4 rings (SSSR count). The Labute approximate surface area is 168 Å². The third-order valence-corrected chi connectivity index (χ3v) is 5.83. The van der Waals surface area contributed by atoms with Crippen LogP contribution in [0.25, 0.3) is 11.3 Å². The first-order valence-electron chi connectivity index (χ1n) is 10.1. The maximum absolute atomic E-state index is 4.89. The van der Waals surface area contributed by atoms with Crippen molar-refractivity contribution in [2.24, 2.45) is 0 Å². The topological polar surface area (TPSA) is 19.4 Å². The lowest BCUT2D eigenvalue weighted by atomic mass is 9.98. The Morgan fingerprint density at radius 2 is 1.46 bits per heavy atom. The van der Waals surface area contributed by atoms with Gasteiger partial charge in [-0.25, -0.2) is 0 Å². The number of aryl methyl sites for hydroxylation is 3. The highest BCUT2D eigenvalue weighted by Crippen LogP contribution is 2.45. The second kappa shape index (κ2) is 6.97.